The van der Waals surface area contributed by atoms with Crippen LogP contribution in [0.1, 0.15) is 27.2 Å². The molecular formula is C25H16F4N4O. The highest BCUT2D eigenvalue weighted by Gasteiger charge is 2.34. The molecule has 1 heterocycles. The number of halogens is 4. The van der Waals surface area contributed by atoms with Crippen molar-refractivity contribution in [3.05, 3.63) is 107 Å². The Balaban J connectivity index is 1.70. The molecule has 1 N–H and O–H groups in total. The monoisotopic (exact) mass is 464 g/mol. The lowest BCUT2D eigenvalue weighted by Crippen LogP contribution is -2.23. The molecule has 4 aromatic rings. The molecule has 1 aromatic heterocycles. The van der Waals surface area contributed by atoms with E-state index in [1.54, 1.807) is 24.4 Å². The molecule has 0 aliphatic rings. The van der Waals surface area contributed by atoms with Gasteiger partial charge in [-0.2, -0.15) is 23.5 Å². The van der Waals surface area contributed by atoms with Crippen molar-refractivity contribution in [2.75, 3.05) is 0 Å². The van der Waals surface area contributed by atoms with Gasteiger partial charge < -0.3 is 5.32 Å². The molecule has 4 rings (SSSR count). The van der Waals surface area contributed by atoms with E-state index in [4.69, 9.17) is 5.26 Å². The Bertz CT molecular complexity index is 1370. The number of alkyl halides is 3. The van der Waals surface area contributed by atoms with Crippen LogP contribution in [0.5, 0.6) is 0 Å². The summed E-state index contributed by atoms with van der Waals surface area (Å²) >= 11 is 0. The van der Waals surface area contributed by atoms with Crippen molar-refractivity contribution < 1.29 is 22.4 Å². The summed E-state index contributed by atoms with van der Waals surface area (Å²) in [5.74, 6) is -0.923. The van der Waals surface area contributed by atoms with E-state index in [-0.39, 0.29) is 17.8 Å². The molecule has 3 aromatic carbocycles. The van der Waals surface area contributed by atoms with Crippen LogP contribution in [-0.2, 0) is 12.7 Å². The number of carbonyl (C=O) groups excluding carboxylic acids is 1. The predicted molar refractivity (Wildman–Crippen MR) is 116 cm³/mol. The first-order chi connectivity index (χ1) is 16.3. The van der Waals surface area contributed by atoms with E-state index in [0.29, 0.717) is 11.3 Å². The van der Waals surface area contributed by atoms with E-state index in [0.717, 1.165) is 17.7 Å². The lowest BCUT2D eigenvalue weighted by molar-refractivity contribution is -0.137. The molecule has 0 atom stereocenters. The van der Waals surface area contributed by atoms with Crippen molar-refractivity contribution in [1.82, 2.24) is 15.1 Å². The minimum absolute atomic E-state index is 0.0180. The van der Waals surface area contributed by atoms with Crippen molar-refractivity contribution in [3.8, 4) is 22.9 Å². The molecule has 0 aliphatic carbocycles. The van der Waals surface area contributed by atoms with Crippen molar-refractivity contribution in [1.29, 1.82) is 5.26 Å². The van der Waals surface area contributed by atoms with Crippen molar-refractivity contribution in [2.24, 2.45) is 0 Å². The van der Waals surface area contributed by atoms with Crippen LogP contribution >= 0.6 is 0 Å². The molecule has 170 valence electrons. The number of hydrogen-bond donors (Lipinski definition) is 1. The third-order valence-corrected chi connectivity index (χ3v) is 5.09. The number of nitrogens with one attached hydrogen (secondary N) is 1. The molecule has 0 aliphatic heterocycles. The number of rotatable bonds is 5. The maximum atomic E-state index is 13.4. The van der Waals surface area contributed by atoms with Gasteiger partial charge in [-0.15, -0.1) is 0 Å². The van der Waals surface area contributed by atoms with Gasteiger partial charge in [-0.05, 0) is 48.0 Å². The SMILES string of the molecule is N#Cc1ccc(-n2cc(-c3ccccc3)c(CNC(=O)c3ccc(F)cc3)n2)cc1C(F)(F)F. The summed E-state index contributed by atoms with van der Waals surface area (Å²) in [5.41, 5.74) is 0.597. The van der Waals surface area contributed by atoms with Crippen LogP contribution in [0.2, 0.25) is 0 Å². The average molecular weight is 464 g/mol. The minimum Gasteiger partial charge on any atom is -0.346 e. The quantitative estimate of drug-likeness (QED) is 0.397. The van der Waals surface area contributed by atoms with Crippen LogP contribution < -0.4 is 5.32 Å². The molecule has 1 amide bonds. The Morgan fingerprint density at radius 2 is 1.74 bits per heavy atom. The molecule has 0 fully saturated rings. The Kier molecular flexibility index (Phi) is 6.15. The first kappa shape index (κ1) is 22.7. The highest BCUT2D eigenvalue weighted by Crippen LogP contribution is 2.33. The molecule has 34 heavy (non-hydrogen) atoms. The number of carbonyl (C=O) groups is 1. The molecule has 0 spiro atoms. The van der Waals surface area contributed by atoms with E-state index < -0.39 is 29.0 Å². The summed E-state index contributed by atoms with van der Waals surface area (Å²) in [4.78, 5) is 12.5. The lowest BCUT2D eigenvalue weighted by Gasteiger charge is -2.10. The van der Waals surface area contributed by atoms with Gasteiger partial charge in [0.15, 0.2) is 0 Å². The van der Waals surface area contributed by atoms with Gasteiger partial charge in [-0.1, -0.05) is 30.3 Å². The molecular weight excluding hydrogens is 448 g/mol. The first-order valence-electron chi connectivity index (χ1n) is 10.1. The normalized spacial score (nSPS) is 11.1. The predicted octanol–water partition coefficient (Wildman–Crippen LogP) is 5.50. The van der Waals surface area contributed by atoms with Gasteiger partial charge >= 0.3 is 6.18 Å². The fraction of sp³-hybridized carbons (Fsp3) is 0.0800. The lowest BCUT2D eigenvalue weighted by atomic mass is 10.1. The number of nitriles is 1. The molecule has 9 heteroatoms. The molecule has 5 nitrogen and oxygen atoms in total. The third-order valence-electron chi connectivity index (χ3n) is 5.09. The summed E-state index contributed by atoms with van der Waals surface area (Å²) in [5, 5.41) is 16.1. The third kappa shape index (κ3) is 4.81. The van der Waals surface area contributed by atoms with Crippen LogP contribution in [-0.4, -0.2) is 15.7 Å². The number of benzene rings is 3. The molecule has 0 bridgehead atoms. The van der Waals surface area contributed by atoms with E-state index in [9.17, 15) is 22.4 Å². The second kappa shape index (κ2) is 9.19. The Labute approximate surface area is 191 Å². The van der Waals surface area contributed by atoms with Crippen molar-refractivity contribution >= 4 is 5.91 Å². The highest BCUT2D eigenvalue weighted by atomic mass is 19.4. The summed E-state index contributed by atoms with van der Waals surface area (Å²) < 4.78 is 54.7. The van der Waals surface area contributed by atoms with E-state index in [1.807, 2.05) is 18.2 Å². The zero-order valence-corrected chi connectivity index (χ0v) is 17.5. The van der Waals surface area contributed by atoms with E-state index in [2.05, 4.69) is 10.4 Å². The fourth-order valence-electron chi connectivity index (χ4n) is 3.41. The Hall–Kier alpha value is -4.45. The van der Waals surface area contributed by atoms with Gasteiger partial charge in [0.05, 0.1) is 35.1 Å². The largest absolute Gasteiger partial charge is 0.417 e. The zero-order chi connectivity index (χ0) is 24.3. The maximum Gasteiger partial charge on any atom is 0.417 e. The Morgan fingerprint density at radius 1 is 1.03 bits per heavy atom. The van der Waals surface area contributed by atoms with Crippen LogP contribution in [0.4, 0.5) is 17.6 Å². The smallest absolute Gasteiger partial charge is 0.346 e. The van der Waals surface area contributed by atoms with Gasteiger partial charge in [-0.25, -0.2) is 9.07 Å². The molecule has 0 saturated heterocycles. The standard InChI is InChI=1S/C25H16F4N4O/c26-19-9-6-17(7-10-19)24(34)31-14-23-21(16-4-2-1-3-5-16)15-33(32-23)20-11-8-18(13-30)22(12-20)25(27,28)29/h1-12,15H,14H2,(H,31,34). The van der Waals surface area contributed by atoms with Gasteiger partial charge in [0.2, 0.25) is 0 Å². The average Bonchev–Trinajstić information content (AvgIpc) is 3.27. The maximum absolute atomic E-state index is 13.4. The zero-order valence-electron chi connectivity index (χ0n) is 17.5. The summed E-state index contributed by atoms with van der Waals surface area (Å²) in [7, 11) is 0. The summed E-state index contributed by atoms with van der Waals surface area (Å²) in [6.45, 7) is -0.0180. The highest BCUT2D eigenvalue weighted by molar-refractivity contribution is 5.94. The van der Waals surface area contributed by atoms with Crippen LogP contribution in [0, 0.1) is 17.1 Å². The number of nitrogens with zero attached hydrogens (tertiary/aromatic N) is 3. The van der Waals surface area contributed by atoms with Gasteiger partial charge in [0.25, 0.3) is 5.91 Å². The van der Waals surface area contributed by atoms with Crippen LogP contribution in [0.15, 0.2) is 79.0 Å². The van der Waals surface area contributed by atoms with Crippen molar-refractivity contribution in [3.63, 3.8) is 0 Å². The number of aromatic nitrogens is 2. The molecule has 0 saturated carbocycles. The minimum atomic E-state index is -4.71. The molecule has 0 unspecified atom stereocenters. The second-order valence-electron chi connectivity index (χ2n) is 7.33. The fourth-order valence-corrected chi connectivity index (χ4v) is 3.41. The van der Waals surface area contributed by atoms with Gasteiger partial charge in [0, 0.05) is 17.3 Å². The topological polar surface area (TPSA) is 70.7 Å². The van der Waals surface area contributed by atoms with Gasteiger partial charge in [-0.3, -0.25) is 4.79 Å². The first-order valence-corrected chi connectivity index (χ1v) is 10.1. The summed E-state index contributed by atoms with van der Waals surface area (Å²) in [6, 6.07) is 19.0. The van der Waals surface area contributed by atoms with Crippen LogP contribution in [0.3, 0.4) is 0 Å². The van der Waals surface area contributed by atoms with E-state index in [1.165, 1.54) is 35.0 Å². The molecule has 0 radical (unpaired) electrons. The van der Waals surface area contributed by atoms with Crippen LogP contribution in [0.25, 0.3) is 16.8 Å². The number of hydrogen-bond acceptors (Lipinski definition) is 3. The summed E-state index contributed by atoms with van der Waals surface area (Å²) in [6.07, 6.45) is -3.14. The second-order valence-corrected chi connectivity index (χ2v) is 7.33. The number of amides is 1. The van der Waals surface area contributed by atoms with E-state index >= 15 is 0 Å². The van der Waals surface area contributed by atoms with Gasteiger partial charge in [0.1, 0.15) is 5.82 Å². The van der Waals surface area contributed by atoms with Crippen molar-refractivity contribution in [2.45, 2.75) is 12.7 Å². The Morgan fingerprint density at radius 3 is 2.38 bits per heavy atom.